The Hall–Kier alpha value is -3.79. The van der Waals surface area contributed by atoms with E-state index >= 15 is 0 Å². The molecule has 0 amide bonds. The summed E-state index contributed by atoms with van der Waals surface area (Å²) in [5, 5.41) is 20.4. The molecule has 4 N–H and O–H groups in total. The summed E-state index contributed by atoms with van der Waals surface area (Å²) in [4.78, 5) is 58.1. The minimum atomic E-state index is -4.93. The zero-order valence-corrected chi connectivity index (χ0v) is 51.5. The SMILES string of the molecule is CC/C=C\C/C=C\C/C=C\C/C=C\CCCCCCC(=O)OCC(O)COP(=O)(O)OCC(O)COP(=O)(O)OCC(COC(=O)CCCCCC/C=C\C/C=C\C/C=C\C/C=C\CC)OC(=O)CCCCCCC/C=C\CCCC. The number of carbonyl (C=O) groups excluding carboxylic acids is 3. The van der Waals surface area contributed by atoms with Crippen LogP contribution in [0.3, 0.4) is 0 Å². The fourth-order valence-electron chi connectivity index (χ4n) is 7.35. The number of rotatable bonds is 56. The first-order valence-electron chi connectivity index (χ1n) is 30.2. The highest BCUT2D eigenvalue weighted by Gasteiger charge is 2.29. The highest BCUT2D eigenvalue weighted by Crippen LogP contribution is 2.45. The van der Waals surface area contributed by atoms with Crippen molar-refractivity contribution in [3.05, 3.63) is 109 Å². The van der Waals surface area contributed by atoms with Gasteiger partial charge in [-0.25, -0.2) is 9.13 Å². The van der Waals surface area contributed by atoms with Crippen LogP contribution in [0.5, 0.6) is 0 Å². The van der Waals surface area contributed by atoms with Crippen molar-refractivity contribution in [3.63, 3.8) is 0 Å². The maximum atomic E-state index is 12.8. The Balaban J connectivity index is 4.71. The number of hydrogen-bond acceptors (Lipinski definition) is 14. The lowest BCUT2D eigenvalue weighted by atomic mass is 10.1. The van der Waals surface area contributed by atoms with Crippen molar-refractivity contribution >= 4 is 33.6 Å². The second-order valence-electron chi connectivity index (χ2n) is 19.7. The Morgan fingerprint density at radius 2 is 0.654 bits per heavy atom. The van der Waals surface area contributed by atoms with Gasteiger partial charge in [-0.1, -0.05) is 188 Å². The van der Waals surface area contributed by atoms with E-state index < -0.39 is 91.5 Å². The van der Waals surface area contributed by atoms with E-state index in [0.717, 1.165) is 141 Å². The summed E-state index contributed by atoms with van der Waals surface area (Å²) in [5.41, 5.74) is 0. The van der Waals surface area contributed by atoms with Crippen LogP contribution < -0.4 is 0 Å². The van der Waals surface area contributed by atoms with Gasteiger partial charge in [-0.15, -0.1) is 0 Å². The molecule has 0 bridgehead atoms. The molecule has 0 spiro atoms. The maximum absolute atomic E-state index is 12.8. The lowest BCUT2D eigenvalue weighted by Gasteiger charge is -2.21. The van der Waals surface area contributed by atoms with Crippen LogP contribution in [0, 0.1) is 0 Å². The van der Waals surface area contributed by atoms with E-state index in [1.807, 2.05) is 0 Å². The number of carbonyl (C=O) groups is 3. The summed E-state index contributed by atoms with van der Waals surface area (Å²) >= 11 is 0. The zero-order valence-electron chi connectivity index (χ0n) is 49.7. The third-order valence-corrected chi connectivity index (χ3v) is 13.9. The van der Waals surface area contributed by atoms with E-state index in [2.05, 4.69) is 130 Å². The molecule has 16 nitrogen and oxygen atoms in total. The predicted molar refractivity (Wildman–Crippen MR) is 325 cm³/mol. The molecule has 5 atom stereocenters. The van der Waals surface area contributed by atoms with Crippen molar-refractivity contribution in [2.75, 3.05) is 39.6 Å². The molecule has 0 aromatic carbocycles. The molecular formula is C63H106O16P2. The predicted octanol–water partition coefficient (Wildman–Crippen LogP) is 15.7. The Kier molecular flexibility index (Phi) is 54.0. The fourth-order valence-corrected chi connectivity index (χ4v) is 8.94. The van der Waals surface area contributed by atoms with Crippen LogP contribution in [-0.4, -0.2) is 95.9 Å². The second-order valence-corrected chi connectivity index (χ2v) is 22.6. The van der Waals surface area contributed by atoms with E-state index in [1.165, 1.54) is 12.8 Å². The van der Waals surface area contributed by atoms with Crippen molar-refractivity contribution in [3.8, 4) is 0 Å². The number of allylic oxidation sites excluding steroid dienone is 18. The molecule has 0 saturated heterocycles. The molecule has 18 heteroatoms. The smallest absolute Gasteiger partial charge is 0.463 e. The lowest BCUT2D eigenvalue weighted by molar-refractivity contribution is -0.161. The Labute approximate surface area is 488 Å². The van der Waals surface area contributed by atoms with Gasteiger partial charge in [-0.3, -0.25) is 32.5 Å². The van der Waals surface area contributed by atoms with Crippen LogP contribution in [0.1, 0.15) is 213 Å². The topological polar surface area (TPSA) is 231 Å². The fraction of sp³-hybridized carbons (Fsp3) is 0.667. The minimum Gasteiger partial charge on any atom is -0.463 e. The first-order chi connectivity index (χ1) is 39.2. The van der Waals surface area contributed by atoms with Crippen molar-refractivity contribution in [1.29, 1.82) is 0 Å². The number of hydrogen-bond donors (Lipinski definition) is 4. The molecular weight excluding hydrogens is 1070 g/mol. The third-order valence-electron chi connectivity index (χ3n) is 12.0. The van der Waals surface area contributed by atoms with E-state index in [-0.39, 0.29) is 19.3 Å². The molecule has 0 aromatic heterocycles. The number of phosphoric ester groups is 2. The molecule has 0 aromatic rings. The summed E-state index contributed by atoms with van der Waals surface area (Å²) in [6, 6.07) is 0. The van der Waals surface area contributed by atoms with Crippen LogP contribution in [-0.2, 0) is 55.8 Å². The summed E-state index contributed by atoms with van der Waals surface area (Å²) in [6.07, 6.45) is 60.2. The van der Waals surface area contributed by atoms with Crippen molar-refractivity contribution in [2.24, 2.45) is 0 Å². The molecule has 0 aliphatic rings. The number of unbranched alkanes of at least 4 members (excludes halogenated alkanes) is 15. The summed E-state index contributed by atoms with van der Waals surface area (Å²) in [5.74, 6) is -1.64. The van der Waals surface area contributed by atoms with Crippen molar-refractivity contribution < 1.29 is 75.8 Å². The van der Waals surface area contributed by atoms with Gasteiger partial charge in [0.1, 0.15) is 25.4 Å². The van der Waals surface area contributed by atoms with Gasteiger partial charge in [0.15, 0.2) is 6.10 Å². The largest absolute Gasteiger partial charge is 0.472 e. The van der Waals surface area contributed by atoms with Gasteiger partial charge in [-0.2, -0.15) is 0 Å². The Morgan fingerprint density at radius 3 is 1.05 bits per heavy atom. The highest BCUT2D eigenvalue weighted by molar-refractivity contribution is 7.47. The maximum Gasteiger partial charge on any atom is 0.472 e. The first-order valence-corrected chi connectivity index (χ1v) is 33.2. The lowest BCUT2D eigenvalue weighted by Crippen LogP contribution is -2.30. The van der Waals surface area contributed by atoms with Crippen LogP contribution >= 0.6 is 15.6 Å². The quantitative estimate of drug-likeness (QED) is 0.0146. The van der Waals surface area contributed by atoms with Gasteiger partial charge < -0.3 is 34.2 Å². The average molecular weight is 1180 g/mol. The number of esters is 3. The molecule has 0 radical (unpaired) electrons. The van der Waals surface area contributed by atoms with E-state index in [1.54, 1.807) is 0 Å². The minimum absolute atomic E-state index is 0.0852. The molecule has 0 heterocycles. The van der Waals surface area contributed by atoms with E-state index in [0.29, 0.717) is 19.3 Å². The first kappa shape index (κ1) is 77.2. The molecule has 0 saturated carbocycles. The van der Waals surface area contributed by atoms with Crippen LogP contribution in [0.25, 0.3) is 0 Å². The van der Waals surface area contributed by atoms with E-state index in [4.69, 9.17) is 32.3 Å². The number of ether oxygens (including phenoxy) is 3. The highest BCUT2D eigenvalue weighted by atomic mass is 31.2. The van der Waals surface area contributed by atoms with Gasteiger partial charge in [0.2, 0.25) is 0 Å². The molecule has 464 valence electrons. The van der Waals surface area contributed by atoms with Crippen LogP contribution in [0.4, 0.5) is 0 Å². The van der Waals surface area contributed by atoms with Crippen molar-refractivity contribution in [1.82, 2.24) is 0 Å². The van der Waals surface area contributed by atoms with Gasteiger partial charge in [0.05, 0.1) is 26.4 Å². The molecule has 5 unspecified atom stereocenters. The van der Waals surface area contributed by atoms with Crippen LogP contribution in [0.15, 0.2) is 109 Å². The Morgan fingerprint density at radius 1 is 0.358 bits per heavy atom. The number of aliphatic hydroxyl groups excluding tert-OH is 2. The molecule has 0 aliphatic heterocycles. The van der Waals surface area contributed by atoms with E-state index in [9.17, 15) is 43.5 Å². The molecule has 0 aliphatic carbocycles. The summed E-state index contributed by atoms with van der Waals surface area (Å²) in [7, 11) is -9.78. The third kappa shape index (κ3) is 57.8. The Bertz CT molecular complexity index is 1920. The standard InChI is InChI=1S/C63H106O16P2/c1-4-7-10-13-16-19-22-24-26-28-30-32-35-37-40-43-46-49-61(66)73-52-58(64)53-75-80(69,70)76-54-59(65)55-77-81(71,72)78-57-60(79-63(68)51-48-45-42-39-34-21-18-15-12-9-6-3)56-74-62(67)50-47-44-41-38-36-33-31-29-27-25-23-20-17-14-11-8-5-2/h7-8,10-11,15-20,24-27,30-33,58-60,64-65H,4-6,9,12-14,21-23,28-29,34-57H2,1-3H3,(H,69,70)(H,71,72)/b10-7-,11-8-,18-15-,19-16-,20-17-,26-24-,27-25-,32-30-,33-31-. The zero-order chi connectivity index (χ0) is 59.6. The average Bonchev–Trinajstić information content (AvgIpc) is 3.44. The number of phosphoric acid groups is 2. The van der Waals surface area contributed by atoms with Crippen molar-refractivity contribution in [2.45, 2.75) is 232 Å². The normalized spacial score (nSPS) is 15.2. The monoisotopic (exact) mass is 1180 g/mol. The van der Waals surface area contributed by atoms with Gasteiger partial charge in [0.25, 0.3) is 0 Å². The number of aliphatic hydroxyl groups is 2. The van der Waals surface area contributed by atoms with Crippen LogP contribution in [0.2, 0.25) is 0 Å². The molecule has 0 fully saturated rings. The van der Waals surface area contributed by atoms with Gasteiger partial charge in [-0.05, 0) is 116 Å². The summed E-state index contributed by atoms with van der Waals surface area (Å²) < 4.78 is 60.5. The summed E-state index contributed by atoms with van der Waals surface area (Å²) in [6.45, 7) is 2.29. The molecule has 81 heavy (non-hydrogen) atoms. The second kappa shape index (κ2) is 56.7. The van der Waals surface area contributed by atoms with Gasteiger partial charge >= 0.3 is 33.6 Å². The van der Waals surface area contributed by atoms with Gasteiger partial charge in [0, 0.05) is 19.3 Å². The molecule has 0 rings (SSSR count).